The Kier molecular flexibility index (Phi) is 5.26. The lowest BCUT2D eigenvalue weighted by Gasteiger charge is -2.24. The number of halogens is 1. The van der Waals surface area contributed by atoms with E-state index in [0.29, 0.717) is 5.92 Å². The quantitative estimate of drug-likeness (QED) is 0.610. The summed E-state index contributed by atoms with van der Waals surface area (Å²) < 4.78 is 0. The summed E-state index contributed by atoms with van der Waals surface area (Å²) in [6.07, 6.45) is 2.29. The van der Waals surface area contributed by atoms with Crippen molar-refractivity contribution < 1.29 is 0 Å². The molecule has 2 unspecified atom stereocenters. The van der Waals surface area contributed by atoms with Crippen molar-refractivity contribution in [3.8, 4) is 0 Å². The minimum Gasteiger partial charge on any atom is -0.271 e. The second-order valence-electron chi connectivity index (χ2n) is 4.44. The SMILES string of the molecule is CCCC(C)C(NN)c1ccc(C)cc1Cl. The van der Waals surface area contributed by atoms with Gasteiger partial charge in [-0.25, -0.2) is 0 Å². The van der Waals surface area contributed by atoms with Gasteiger partial charge in [-0.2, -0.15) is 0 Å². The summed E-state index contributed by atoms with van der Waals surface area (Å²) in [6, 6.07) is 6.26. The number of nitrogens with two attached hydrogens (primary N) is 1. The molecule has 16 heavy (non-hydrogen) atoms. The highest BCUT2D eigenvalue weighted by Gasteiger charge is 2.19. The predicted molar refractivity (Wildman–Crippen MR) is 70.3 cm³/mol. The molecule has 0 amide bonds. The normalized spacial score (nSPS) is 14.8. The summed E-state index contributed by atoms with van der Waals surface area (Å²) in [4.78, 5) is 0. The summed E-state index contributed by atoms with van der Waals surface area (Å²) in [7, 11) is 0. The van der Waals surface area contributed by atoms with Crippen LogP contribution in [-0.4, -0.2) is 0 Å². The van der Waals surface area contributed by atoms with Gasteiger partial charge < -0.3 is 0 Å². The monoisotopic (exact) mass is 240 g/mol. The van der Waals surface area contributed by atoms with Gasteiger partial charge in [0.2, 0.25) is 0 Å². The molecule has 1 aromatic carbocycles. The van der Waals surface area contributed by atoms with E-state index in [9.17, 15) is 0 Å². The highest BCUT2D eigenvalue weighted by molar-refractivity contribution is 6.31. The van der Waals surface area contributed by atoms with Crippen LogP contribution in [0.3, 0.4) is 0 Å². The van der Waals surface area contributed by atoms with Gasteiger partial charge in [-0.05, 0) is 36.5 Å². The maximum Gasteiger partial charge on any atom is 0.0500 e. The average Bonchev–Trinajstić information content (AvgIpc) is 2.22. The molecule has 0 aliphatic rings. The van der Waals surface area contributed by atoms with Crippen LogP contribution in [-0.2, 0) is 0 Å². The van der Waals surface area contributed by atoms with E-state index in [-0.39, 0.29) is 6.04 Å². The van der Waals surface area contributed by atoms with Gasteiger partial charge in [-0.15, -0.1) is 0 Å². The zero-order chi connectivity index (χ0) is 12.1. The van der Waals surface area contributed by atoms with E-state index < -0.39 is 0 Å². The van der Waals surface area contributed by atoms with Gasteiger partial charge >= 0.3 is 0 Å². The number of hydrazine groups is 1. The van der Waals surface area contributed by atoms with Gasteiger partial charge in [0.25, 0.3) is 0 Å². The van der Waals surface area contributed by atoms with Gasteiger partial charge in [0.05, 0.1) is 0 Å². The van der Waals surface area contributed by atoms with Crippen molar-refractivity contribution in [2.45, 2.75) is 39.7 Å². The van der Waals surface area contributed by atoms with E-state index in [1.165, 1.54) is 5.56 Å². The molecule has 0 fully saturated rings. The number of hydrogen-bond acceptors (Lipinski definition) is 2. The van der Waals surface area contributed by atoms with Gasteiger partial charge in [-0.1, -0.05) is 44.0 Å². The molecule has 0 aliphatic carbocycles. The van der Waals surface area contributed by atoms with E-state index in [4.69, 9.17) is 17.4 Å². The minimum absolute atomic E-state index is 0.132. The molecule has 0 heterocycles. The van der Waals surface area contributed by atoms with Gasteiger partial charge in [0, 0.05) is 11.1 Å². The van der Waals surface area contributed by atoms with Crippen LogP contribution in [0.2, 0.25) is 5.02 Å². The van der Waals surface area contributed by atoms with Crippen LogP contribution in [0.4, 0.5) is 0 Å². The fourth-order valence-corrected chi connectivity index (χ4v) is 2.42. The van der Waals surface area contributed by atoms with Crippen molar-refractivity contribution >= 4 is 11.6 Å². The molecule has 2 atom stereocenters. The van der Waals surface area contributed by atoms with Crippen molar-refractivity contribution in [1.29, 1.82) is 0 Å². The van der Waals surface area contributed by atoms with Crippen molar-refractivity contribution in [3.05, 3.63) is 34.3 Å². The van der Waals surface area contributed by atoms with Crippen LogP contribution in [0, 0.1) is 12.8 Å². The zero-order valence-corrected chi connectivity index (χ0v) is 11.0. The standard InChI is InChI=1S/C13H21ClN2/c1-4-5-10(3)13(16-15)11-7-6-9(2)8-12(11)14/h6-8,10,13,16H,4-5,15H2,1-3H3. The Bertz CT molecular complexity index is 339. The van der Waals surface area contributed by atoms with Crippen LogP contribution in [0.15, 0.2) is 18.2 Å². The fourth-order valence-electron chi connectivity index (χ4n) is 2.07. The largest absolute Gasteiger partial charge is 0.271 e. The number of hydrogen-bond donors (Lipinski definition) is 2. The molecule has 3 heteroatoms. The van der Waals surface area contributed by atoms with Gasteiger partial charge in [0.15, 0.2) is 0 Å². The van der Waals surface area contributed by atoms with Gasteiger partial charge in [-0.3, -0.25) is 11.3 Å². The Balaban J connectivity index is 2.94. The van der Waals surface area contributed by atoms with E-state index >= 15 is 0 Å². The number of rotatable bonds is 5. The third kappa shape index (κ3) is 3.21. The lowest BCUT2D eigenvalue weighted by atomic mass is 9.91. The molecule has 2 nitrogen and oxygen atoms in total. The van der Waals surface area contributed by atoms with Crippen molar-refractivity contribution in [3.63, 3.8) is 0 Å². The van der Waals surface area contributed by atoms with Crippen LogP contribution in [0.5, 0.6) is 0 Å². The maximum atomic E-state index is 6.25. The van der Waals surface area contributed by atoms with Gasteiger partial charge in [0.1, 0.15) is 0 Å². The zero-order valence-electron chi connectivity index (χ0n) is 10.3. The van der Waals surface area contributed by atoms with Crippen LogP contribution in [0.1, 0.15) is 43.9 Å². The third-order valence-electron chi connectivity index (χ3n) is 2.98. The number of nitrogens with one attached hydrogen (secondary N) is 1. The molecule has 90 valence electrons. The Labute approximate surface area is 103 Å². The predicted octanol–water partition coefficient (Wildman–Crippen LogP) is 3.59. The summed E-state index contributed by atoms with van der Waals surface area (Å²) in [6.45, 7) is 6.42. The Morgan fingerprint density at radius 1 is 1.44 bits per heavy atom. The maximum absolute atomic E-state index is 6.25. The lowest BCUT2D eigenvalue weighted by Crippen LogP contribution is -2.32. The smallest absolute Gasteiger partial charge is 0.0500 e. The third-order valence-corrected chi connectivity index (χ3v) is 3.31. The highest BCUT2D eigenvalue weighted by Crippen LogP contribution is 2.30. The molecular weight excluding hydrogens is 220 g/mol. The van der Waals surface area contributed by atoms with E-state index in [1.54, 1.807) is 0 Å². The molecule has 0 bridgehead atoms. The van der Waals surface area contributed by atoms with Crippen molar-refractivity contribution in [1.82, 2.24) is 5.43 Å². The molecule has 0 aromatic heterocycles. The summed E-state index contributed by atoms with van der Waals surface area (Å²) >= 11 is 6.25. The second kappa shape index (κ2) is 6.24. The minimum atomic E-state index is 0.132. The van der Waals surface area contributed by atoms with E-state index in [2.05, 4.69) is 31.4 Å². The summed E-state index contributed by atoms with van der Waals surface area (Å²) in [5.41, 5.74) is 5.15. The molecule has 1 rings (SSSR count). The molecule has 0 saturated carbocycles. The second-order valence-corrected chi connectivity index (χ2v) is 4.84. The van der Waals surface area contributed by atoms with Crippen LogP contribution in [0.25, 0.3) is 0 Å². The lowest BCUT2D eigenvalue weighted by molar-refractivity contribution is 0.368. The fraction of sp³-hybridized carbons (Fsp3) is 0.538. The average molecular weight is 241 g/mol. The van der Waals surface area contributed by atoms with E-state index in [0.717, 1.165) is 23.4 Å². The van der Waals surface area contributed by atoms with Crippen LogP contribution >= 0.6 is 11.6 Å². The Hall–Kier alpha value is -0.570. The van der Waals surface area contributed by atoms with Crippen molar-refractivity contribution in [2.24, 2.45) is 11.8 Å². The molecule has 0 spiro atoms. The Morgan fingerprint density at radius 2 is 2.12 bits per heavy atom. The molecule has 0 aliphatic heterocycles. The van der Waals surface area contributed by atoms with Crippen molar-refractivity contribution in [2.75, 3.05) is 0 Å². The molecule has 3 N–H and O–H groups in total. The first-order chi connectivity index (χ1) is 7.60. The molecule has 0 saturated heterocycles. The molecule has 0 radical (unpaired) electrons. The van der Waals surface area contributed by atoms with Crippen LogP contribution < -0.4 is 11.3 Å². The van der Waals surface area contributed by atoms with E-state index in [1.807, 2.05) is 13.0 Å². The topological polar surface area (TPSA) is 38.0 Å². The number of benzene rings is 1. The molecule has 1 aromatic rings. The first kappa shape index (κ1) is 13.5. The first-order valence-corrected chi connectivity index (χ1v) is 6.20. The Morgan fingerprint density at radius 3 is 2.62 bits per heavy atom. The summed E-state index contributed by atoms with van der Waals surface area (Å²) in [5, 5.41) is 0.797. The molecular formula is C13H21ClN2. The highest BCUT2D eigenvalue weighted by atomic mass is 35.5. The number of aryl methyl sites for hydroxylation is 1. The first-order valence-electron chi connectivity index (χ1n) is 5.82. The summed E-state index contributed by atoms with van der Waals surface area (Å²) in [5.74, 6) is 6.12.